The van der Waals surface area contributed by atoms with Crippen LogP contribution in [-0.4, -0.2) is 12.6 Å². The molecule has 5 heteroatoms. The van der Waals surface area contributed by atoms with Crippen LogP contribution in [0.25, 0.3) is 0 Å². The van der Waals surface area contributed by atoms with Gasteiger partial charge in [-0.1, -0.05) is 15.9 Å². The van der Waals surface area contributed by atoms with Crippen molar-refractivity contribution in [3.63, 3.8) is 0 Å². The minimum Gasteiger partial charge on any atom is -0.462 e. The van der Waals surface area contributed by atoms with Gasteiger partial charge in [0.2, 0.25) is 0 Å². The molecule has 0 atom stereocenters. The van der Waals surface area contributed by atoms with Crippen molar-refractivity contribution in [1.29, 1.82) is 0 Å². The van der Waals surface area contributed by atoms with Gasteiger partial charge in [0.05, 0.1) is 23.5 Å². The molecule has 4 nitrogen and oxygen atoms in total. The van der Waals surface area contributed by atoms with Gasteiger partial charge in [-0.3, -0.25) is 0 Å². The molecule has 0 aromatic heterocycles. The number of nitrogens with one attached hydrogen (secondary N) is 1. The number of hydrogen-bond acceptors (Lipinski definition) is 4. The number of halogens is 1. The van der Waals surface area contributed by atoms with Crippen LogP contribution < -0.4 is 11.1 Å². The van der Waals surface area contributed by atoms with E-state index in [9.17, 15) is 4.79 Å². The third-order valence-electron chi connectivity index (χ3n) is 2.69. The van der Waals surface area contributed by atoms with Crippen LogP contribution in [0.2, 0.25) is 0 Å². The molecule has 0 unspecified atom stereocenters. The molecule has 2 aromatic carbocycles. The summed E-state index contributed by atoms with van der Waals surface area (Å²) in [4.78, 5) is 11.6. The second-order valence-electron chi connectivity index (χ2n) is 4.15. The van der Waals surface area contributed by atoms with Gasteiger partial charge < -0.3 is 15.8 Å². The number of nitrogen functional groups attached to an aromatic ring is 1. The lowest BCUT2D eigenvalue weighted by Crippen LogP contribution is -2.06. The maximum Gasteiger partial charge on any atom is 0.338 e. The molecule has 0 aliphatic carbocycles. The zero-order valence-corrected chi connectivity index (χ0v) is 12.6. The molecule has 0 spiro atoms. The summed E-state index contributed by atoms with van der Waals surface area (Å²) in [5.74, 6) is -0.366. The predicted octanol–water partition coefficient (Wildman–Crippen LogP) is 3.95. The highest BCUT2D eigenvalue weighted by atomic mass is 79.9. The van der Waals surface area contributed by atoms with E-state index in [0.29, 0.717) is 17.9 Å². The highest BCUT2D eigenvalue weighted by Gasteiger charge is 2.09. The number of rotatable bonds is 4. The molecule has 0 aliphatic rings. The summed E-state index contributed by atoms with van der Waals surface area (Å²) in [6.45, 7) is 2.11. The lowest BCUT2D eigenvalue weighted by Gasteiger charge is -2.11. The quantitative estimate of drug-likeness (QED) is 0.656. The Labute approximate surface area is 126 Å². The molecule has 0 radical (unpaired) electrons. The minimum atomic E-state index is -0.366. The summed E-state index contributed by atoms with van der Waals surface area (Å²) in [6.07, 6.45) is 0. The molecule has 2 rings (SSSR count). The Bertz CT molecular complexity index is 612. The fraction of sp³-hybridized carbons (Fsp3) is 0.133. The van der Waals surface area contributed by atoms with Gasteiger partial charge in [0.25, 0.3) is 0 Å². The van der Waals surface area contributed by atoms with Gasteiger partial charge in [-0.25, -0.2) is 4.79 Å². The summed E-state index contributed by atoms with van der Waals surface area (Å²) in [7, 11) is 0. The van der Waals surface area contributed by atoms with Gasteiger partial charge in [-0.15, -0.1) is 0 Å². The minimum absolute atomic E-state index is 0.345. The summed E-state index contributed by atoms with van der Waals surface area (Å²) in [5, 5.41) is 3.20. The number of nitrogens with two attached hydrogens (primary N) is 1. The van der Waals surface area contributed by atoms with E-state index in [4.69, 9.17) is 10.5 Å². The summed E-state index contributed by atoms with van der Waals surface area (Å²) in [6, 6.07) is 12.8. The smallest absolute Gasteiger partial charge is 0.338 e. The zero-order chi connectivity index (χ0) is 14.5. The average Bonchev–Trinajstić information content (AvgIpc) is 2.43. The number of hydrogen-bond donors (Lipinski definition) is 2. The van der Waals surface area contributed by atoms with E-state index in [1.807, 2.05) is 24.3 Å². The Morgan fingerprint density at radius 2 is 1.95 bits per heavy atom. The van der Waals surface area contributed by atoms with E-state index in [1.165, 1.54) is 0 Å². The van der Waals surface area contributed by atoms with Crippen LogP contribution in [0.5, 0.6) is 0 Å². The van der Waals surface area contributed by atoms with Crippen molar-refractivity contribution in [2.45, 2.75) is 6.92 Å². The molecule has 0 fully saturated rings. The van der Waals surface area contributed by atoms with Crippen LogP contribution in [0, 0.1) is 0 Å². The van der Waals surface area contributed by atoms with Crippen LogP contribution in [0.15, 0.2) is 46.9 Å². The summed E-state index contributed by atoms with van der Waals surface area (Å²) in [5.41, 5.74) is 8.57. The zero-order valence-electron chi connectivity index (χ0n) is 11.0. The molecular weight excluding hydrogens is 320 g/mol. The first-order valence-corrected chi connectivity index (χ1v) is 6.98. The fourth-order valence-corrected chi connectivity index (χ4v) is 1.97. The second kappa shape index (κ2) is 6.43. The van der Waals surface area contributed by atoms with E-state index in [-0.39, 0.29) is 5.97 Å². The van der Waals surface area contributed by atoms with E-state index < -0.39 is 0 Å². The molecule has 2 aromatic rings. The Kier molecular flexibility index (Phi) is 4.63. The molecule has 0 bridgehead atoms. The van der Waals surface area contributed by atoms with Gasteiger partial charge in [-0.2, -0.15) is 0 Å². The molecule has 0 saturated heterocycles. The lowest BCUT2D eigenvalue weighted by molar-refractivity contribution is 0.0526. The first-order chi connectivity index (χ1) is 9.60. The van der Waals surface area contributed by atoms with Crippen LogP contribution >= 0.6 is 15.9 Å². The second-order valence-corrected chi connectivity index (χ2v) is 5.07. The van der Waals surface area contributed by atoms with Gasteiger partial charge in [-0.05, 0) is 49.4 Å². The monoisotopic (exact) mass is 334 g/mol. The predicted molar refractivity (Wildman–Crippen MR) is 84.2 cm³/mol. The van der Waals surface area contributed by atoms with Crippen molar-refractivity contribution in [2.24, 2.45) is 0 Å². The van der Waals surface area contributed by atoms with Gasteiger partial charge in [0, 0.05) is 10.2 Å². The van der Waals surface area contributed by atoms with E-state index in [2.05, 4.69) is 21.2 Å². The maximum atomic E-state index is 11.6. The molecule has 0 heterocycles. The number of esters is 1. The van der Waals surface area contributed by atoms with Crippen LogP contribution in [0.1, 0.15) is 17.3 Å². The van der Waals surface area contributed by atoms with Gasteiger partial charge in [0.1, 0.15) is 0 Å². The number of carbonyl (C=O) groups excluding carboxylic acids is 1. The molecule has 3 N–H and O–H groups in total. The molecule has 20 heavy (non-hydrogen) atoms. The van der Waals surface area contributed by atoms with Crippen LogP contribution in [0.4, 0.5) is 17.1 Å². The van der Waals surface area contributed by atoms with Gasteiger partial charge in [0.15, 0.2) is 0 Å². The molecular formula is C15H15BrN2O2. The maximum absolute atomic E-state index is 11.6. The number of benzene rings is 2. The fourth-order valence-electron chi connectivity index (χ4n) is 1.71. The first kappa shape index (κ1) is 14.4. The lowest BCUT2D eigenvalue weighted by atomic mass is 10.1. The number of carbonyl (C=O) groups is 1. The topological polar surface area (TPSA) is 64.3 Å². The standard InChI is InChI=1S/C15H15BrN2O2/c1-2-20-15(19)10-3-8-14(13(17)9-10)18-12-6-4-11(16)5-7-12/h3-9,18H,2,17H2,1H3. The van der Waals surface area contributed by atoms with E-state index in [0.717, 1.165) is 15.8 Å². The normalized spacial score (nSPS) is 10.1. The third kappa shape index (κ3) is 3.51. The molecule has 0 amide bonds. The van der Waals surface area contributed by atoms with Crippen molar-refractivity contribution >= 4 is 39.0 Å². The van der Waals surface area contributed by atoms with Crippen LogP contribution in [-0.2, 0) is 4.74 Å². The average molecular weight is 335 g/mol. The largest absolute Gasteiger partial charge is 0.462 e. The van der Waals surface area contributed by atoms with E-state index in [1.54, 1.807) is 25.1 Å². The molecule has 0 aliphatic heterocycles. The van der Waals surface area contributed by atoms with Crippen molar-refractivity contribution < 1.29 is 9.53 Å². The van der Waals surface area contributed by atoms with Gasteiger partial charge >= 0.3 is 5.97 Å². The van der Waals surface area contributed by atoms with Crippen molar-refractivity contribution in [1.82, 2.24) is 0 Å². The first-order valence-electron chi connectivity index (χ1n) is 6.19. The van der Waals surface area contributed by atoms with Crippen molar-refractivity contribution in [2.75, 3.05) is 17.7 Å². The van der Waals surface area contributed by atoms with Crippen LogP contribution in [0.3, 0.4) is 0 Å². The molecule has 0 saturated carbocycles. The summed E-state index contributed by atoms with van der Waals surface area (Å²) >= 11 is 3.38. The highest BCUT2D eigenvalue weighted by Crippen LogP contribution is 2.25. The van der Waals surface area contributed by atoms with Crippen molar-refractivity contribution in [3.8, 4) is 0 Å². The summed E-state index contributed by atoms with van der Waals surface area (Å²) < 4.78 is 5.94. The Hall–Kier alpha value is -2.01. The number of anilines is 3. The number of ether oxygens (including phenoxy) is 1. The van der Waals surface area contributed by atoms with E-state index >= 15 is 0 Å². The Morgan fingerprint density at radius 1 is 1.25 bits per heavy atom. The Morgan fingerprint density at radius 3 is 2.55 bits per heavy atom. The Balaban J connectivity index is 2.17. The SMILES string of the molecule is CCOC(=O)c1ccc(Nc2ccc(Br)cc2)c(N)c1. The third-order valence-corrected chi connectivity index (χ3v) is 3.21. The molecule has 104 valence electrons. The highest BCUT2D eigenvalue weighted by molar-refractivity contribution is 9.10. The van der Waals surface area contributed by atoms with Crippen molar-refractivity contribution in [3.05, 3.63) is 52.5 Å².